The molecule has 12 heteroatoms. The van der Waals surface area contributed by atoms with E-state index in [9.17, 15) is 13.6 Å². The Morgan fingerprint density at radius 2 is 2.08 bits per heavy atom. The average Bonchev–Trinajstić information content (AvgIpc) is 3.59. The van der Waals surface area contributed by atoms with E-state index in [1.165, 1.54) is 6.33 Å². The molecule has 2 aromatic heterocycles. The molecule has 3 aromatic rings. The zero-order chi connectivity index (χ0) is 26.8. The molecule has 0 saturated carbocycles. The first-order valence-corrected chi connectivity index (χ1v) is 13.1. The predicted octanol–water partition coefficient (Wildman–Crippen LogP) is 3.72. The number of carbonyl (C=O) groups excluding carboxylic acids is 1. The molecule has 10 nitrogen and oxygen atoms in total. The van der Waals surface area contributed by atoms with Gasteiger partial charge in [0.25, 0.3) is 0 Å². The zero-order valence-electron chi connectivity index (χ0n) is 21.9. The number of hydrogen-bond acceptors (Lipinski definition) is 7. The minimum absolute atomic E-state index is 0.0680. The van der Waals surface area contributed by atoms with Crippen LogP contribution in [0.25, 0.3) is 11.6 Å². The number of hydrogen-bond donors (Lipinski definition) is 1. The summed E-state index contributed by atoms with van der Waals surface area (Å²) in [4.78, 5) is 24.0. The topological polar surface area (TPSA) is 99.3 Å². The molecule has 0 radical (unpaired) electrons. The molecule has 204 valence electrons. The summed E-state index contributed by atoms with van der Waals surface area (Å²) in [6.07, 6.45) is 2.20. The number of nitrogens with one attached hydrogen (secondary N) is 1. The first kappa shape index (κ1) is 26.2. The smallest absolute Gasteiger partial charge is 0.407 e. The van der Waals surface area contributed by atoms with E-state index in [0.29, 0.717) is 38.5 Å². The van der Waals surface area contributed by atoms with Crippen LogP contribution in [0.5, 0.6) is 0 Å². The van der Waals surface area contributed by atoms with Gasteiger partial charge in [0.2, 0.25) is 0 Å². The molecule has 0 spiro atoms. The highest BCUT2D eigenvalue weighted by molar-refractivity contribution is 5.67. The number of aromatic nitrogens is 5. The van der Waals surface area contributed by atoms with Gasteiger partial charge in [-0.3, -0.25) is 4.90 Å². The van der Waals surface area contributed by atoms with E-state index in [4.69, 9.17) is 14.5 Å². The lowest BCUT2D eigenvalue weighted by Crippen LogP contribution is -2.51. The highest BCUT2D eigenvalue weighted by Gasteiger charge is 2.40. The molecule has 5 rings (SSSR count). The van der Waals surface area contributed by atoms with Crippen LogP contribution in [0, 0.1) is 11.6 Å². The van der Waals surface area contributed by atoms with Gasteiger partial charge in [-0.1, -0.05) is 13.3 Å². The number of ether oxygens (including phenoxy) is 2. The molecular weight excluding hydrogens is 496 g/mol. The molecular formula is C26H33F2N7O3. The fourth-order valence-corrected chi connectivity index (χ4v) is 5.29. The number of unbranched alkanes of at least 4 members (excludes halogenated alkanes) is 1. The van der Waals surface area contributed by atoms with Crippen molar-refractivity contribution < 1.29 is 23.0 Å². The second-order valence-corrected chi connectivity index (χ2v) is 9.73. The quantitative estimate of drug-likeness (QED) is 0.444. The molecule has 0 unspecified atom stereocenters. The van der Waals surface area contributed by atoms with Crippen molar-refractivity contribution in [3.63, 3.8) is 0 Å². The van der Waals surface area contributed by atoms with E-state index in [1.54, 1.807) is 4.68 Å². The number of fused-ring (bicyclic) bond motifs is 1. The minimum Gasteiger partial charge on any atom is -0.450 e. The number of nitrogens with zero attached hydrogens (tertiary/aromatic N) is 6. The highest BCUT2D eigenvalue weighted by Crippen LogP contribution is 2.36. The molecule has 4 heterocycles. The second-order valence-electron chi connectivity index (χ2n) is 9.73. The lowest BCUT2D eigenvalue weighted by molar-refractivity contribution is -0.0610. The van der Waals surface area contributed by atoms with Crippen LogP contribution in [0.4, 0.5) is 13.6 Å². The summed E-state index contributed by atoms with van der Waals surface area (Å²) in [7, 11) is 1.84. The third-order valence-corrected chi connectivity index (χ3v) is 7.26. The molecule has 1 fully saturated rings. The van der Waals surface area contributed by atoms with Crippen molar-refractivity contribution in [2.45, 2.75) is 70.9 Å². The van der Waals surface area contributed by atoms with Gasteiger partial charge in [-0.15, -0.1) is 0 Å². The maximum Gasteiger partial charge on any atom is 0.407 e. The second kappa shape index (κ2) is 11.2. The molecule has 0 aliphatic carbocycles. The van der Waals surface area contributed by atoms with Crippen LogP contribution in [0.15, 0.2) is 24.5 Å². The largest absolute Gasteiger partial charge is 0.450 e. The third-order valence-electron chi connectivity index (χ3n) is 7.26. The van der Waals surface area contributed by atoms with E-state index < -0.39 is 29.9 Å². The molecule has 0 bridgehead atoms. The van der Waals surface area contributed by atoms with E-state index in [0.717, 1.165) is 54.8 Å². The number of alkyl carbamates (subject to hydrolysis) is 1. The Hall–Kier alpha value is -3.38. The summed E-state index contributed by atoms with van der Waals surface area (Å²) >= 11 is 0. The minimum atomic E-state index is -0.837. The third kappa shape index (κ3) is 5.14. The number of rotatable bonds is 8. The van der Waals surface area contributed by atoms with Gasteiger partial charge >= 0.3 is 6.09 Å². The average molecular weight is 530 g/mol. The summed E-state index contributed by atoms with van der Waals surface area (Å²) in [5.41, 5.74) is 2.15. The summed E-state index contributed by atoms with van der Waals surface area (Å²) in [5.74, 6) is 0.354. The lowest BCUT2D eigenvalue weighted by Gasteiger charge is -2.40. The van der Waals surface area contributed by atoms with E-state index >= 15 is 0 Å². The van der Waals surface area contributed by atoms with Crippen molar-refractivity contribution in [3.8, 4) is 11.6 Å². The first-order valence-electron chi connectivity index (χ1n) is 13.1. The zero-order valence-corrected chi connectivity index (χ0v) is 21.9. The Kier molecular flexibility index (Phi) is 7.70. The maximum absolute atomic E-state index is 14.7. The maximum atomic E-state index is 14.7. The van der Waals surface area contributed by atoms with Crippen LogP contribution in [-0.2, 0) is 36.2 Å². The van der Waals surface area contributed by atoms with E-state index in [2.05, 4.69) is 31.8 Å². The van der Waals surface area contributed by atoms with Crippen molar-refractivity contribution in [1.29, 1.82) is 0 Å². The summed E-state index contributed by atoms with van der Waals surface area (Å²) in [6.45, 7) is 6.65. The number of imidazole rings is 1. The van der Waals surface area contributed by atoms with Crippen LogP contribution in [0.2, 0.25) is 0 Å². The molecule has 2 aliphatic rings. The number of carbonyl (C=O) groups is 1. The molecule has 38 heavy (non-hydrogen) atoms. The lowest BCUT2D eigenvalue weighted by atomic mass is 9.92. The number of amides is 1. The van der Waals surface area contributed by atoms with E-state index in [1.807, 2.05) is 14.0 Å². The van der Waals surface area contributed by atoms with E-state index in [-0.39, 0.29) is 11.6 Å². The fourth-order valence-electron chi connectivity index (χ4n) is 5.29. The Bertz CT molecular complexity index is 1290. The van der Waals surface area contributed by atoms with Gasteiger partial charge in [0.05, 0.1) is 30.6 Å². The van der Waals surface area contributed by atoms with Crippen molar-refractivity contribution in [1.82, 2.24) is 34.5 Å². The standard InChI is InChI=1S/C26H33F2N7O3/c1-4-6-9-37-26(36)32-20-11-17(14-38-23(20)18-10-16(27)7-8-19(18)28)34-12-21-22(13-34)35(5-2)25(31-21)24-29-15-30-33(24)3/h7-8,10,15,17,20,23H,4-6,9,11-14H2,1-3H3,(H,32,36)/t17-,20+,23-/m1/s1. The number of halogens is 2. The van der Waals surface area contributed by atoms with Gasteiger partial charge < -0.3 is 19.4 Å². The molecule has 1 aromatic carbocycles. The van der Waals surface area contributed by atoms with Crippen molar-refractivity contribution >= 4 is 6.09 Å². The predicted molar refractivity (Wildman–Crippen MR) is 134 cm³/mol. The summed E-state index contributed by atoms with van der Waals surface area (Å²) in [6, 6.07) is 2.61. The monoisotopic (exact) mass is 529 g/mol. The molecule has 3 atom stereocenters. The Morgan fingerprint density at radius 3 is 2.82 bits per heavy atom. The van der Waals surface area contributed by atoms with Crippen LogP contribution >= 0.6 is 0 Å². The highest BCUT2D eigenvalue weighted by atomic mass is 19.1. The summed E-state index contributed by atoms with van der Waals surface area (Å²) in [5, 5.41) is 7.03. The molecule has 1 saturated heterocycles. The van der Waals surface area contributed by atoms with Gasteiger partial charge in [-0.05, 0) is 38.0 Å². The fraction of sp³-hybridized carbons (Fsp3) is 0.538. The van der Waals surface area contributed by atoms with Gasteiger partial charge in [0.15, 0.2) is 11.6 Å². The van der Waals surface area contributed by atoms with Crippen LogP contribution in [0.1, 0.15) is 56.2 Å². The molecule has 1 N–H and O–H groups in total. The van der Waals surface area contributed by atoms with Gasteiger partial charge in [-0.25, -0.2) is 28.2 Å². The van der Waals surface area contributed by atoms with Gasteiger partial charge in [0, 0.05) is 38.3 Å². The molecule has 1 amide bonds. The van der Waals surface area contributed by atoms with Crippen LogP contribution in [-0.4, -0.2) is 60.6 Å². The van der Waals surface area contributed by atoms with Crippen molar-refractivity contribution in [3.05, 3.63) is 53.1 Å². The van der Waals surface area contributed by atoms with Gasteiger partial charge in [0.1, 0.15) is 24.1 Å². The summed E-state index contributed by atoms with van der Waals surface area (Å²) < 4.78 is 44.0. The van der Waals surface area contributed by atoms with Gasteiger partial charge in [-0.2, -0.15) is 5.10 Å². The Morgan fingerprint density at radius 1 is 1.24 bits per heavy atom. The SMILES string of the molecule is CCCCOC(=O)N[C@H]1C[C@@H](N2Cc3nc(-c4ncnn4C)n(CC)c3C2)CO[C@@H]1c1cc(F)ccc1F. The van der Waals surface area contributed by atoms with Crippen LogP contribution in [0.3, 0.4) is 0 Å². The normalized spacial score (nSPS) is 21.4. The Balaban J connectivity index is 1.34. The molecule has 2 aliphatic heterocycles. The van der Waals surface area contributed by atoms with Crippen molar-refractivity contribution in [2.75, 3.05) is 13.2 Å². The van der Waals surface area contributed by atoms with Crippen molar-refractivity contribution in [2.24, 2.45) is 7.05 Å². The number of benzene rings is 1. The Labute approximate surface area is 220 Å². The number of aryl methyl sites for hydroxylation is 1. The van der Waals surface area contributed by atoms with Crippen LogP contribution < -0.4 is 5.32 Å². The first-order chi connectivity index (χ1) is 18.4.